The van der Waals surface area contributed by atoms with Crippen molar-refractivity contribution < 1.29 is 18.3 Å². The van der Waals surface area contributed by atoms with E-state index in [1.54, 1.807) is 24.3 Å². The van der Waals surface area contributed by atoms with E-state index in [1.165, 1.54) is 0 Å². The molecule has 1 aromatic carbocycles. The van der Waals surface area contributed by atoms with Crippen molar-refractivity contribution in [1.29, 1.82) is 0 Å². The van der Waals surface area contributed by atoms with Crippen molar-refractivity contribution in [1.82, 2.24) is 0 Å². The highest BCUT2D eigenvalue weighted by Gasteiger charge is 2.31. The highest BCUT2D eigenvalue weighted by molar-refractivity contribution is 9.10. The van der Waals surface area contributed by atoms with Gasteiger partial charge in [0, 0.05) is 4.47 Å². The van der Waals surface area contributed by atoms with E-state index < -0.39 is 18.7 Å². The monoisotopic (exact) mass is 282 g/mol. The van der Waals surface area contributed by atoms with Crippen LogP contribution < -0.4 is 0 Å². The molecule has 0 bridgehead atoms. The minimum Gasteiger partial charge on any atom is -0.392 e. The van der Waals surface area contributed by atoms with E-state index in [4.69, 9.17) is 0 Å². The van der Waals surface area contributed by atoms with Crippen molar-refractivity contribution in [3.8, 4) is 0 Å². The predicted molar refractivity (Wildman–Crippen MR) is 54.5 cm³/mol. The van der Waals surface area contributed by atoms with Crippen molar-refractivity contribution >= 4 is 15.9 Å². The van der Waals surface area contributed by atoms with Crippen molar-refractivity contribution in [2.45, 2.75) is 25.1 Å². The number of alkyl halides is 3. The average Bonchev–Trinajstić information content (AvgIpc) is 2.05. The third kappa shape index (κ3) is 4.66. The van der Waals surface area contributed by atoms with E-state index in [9.17, 15) is 18.3 Å². The molecule has 0 aromatic heterocycles. The predicted octanol–water partition coefficient (Wildman–Crippen LogP) is 3.30. The molecule has 1 nitrogen and oxygen atoms in total. The number of benzene rings is 1. The zero-order valence-corrected chi connectivity index (χ0v) is 9.35. The van der Waals surface area contributed by atoms with Crippen LogP contribution in [0.5, 0.6) is 0 Å². The molecular formula is C10H10BrF3O. The lowest BCUT2D eigenvalue weighted by atomic mass is 10.1. The number of hydrogen-bond donors (Lipinski definition) is 1. The largest absolute Gasteiger partial charge is 0.392 e. The van der Waals surface area contributed by atoms with E-state index in [-0.39, 0.29) is 6.42 Å². The summed E-state index contributed by atoms with van der Waals surface area (Å²) >= 11 is 3.21. The van der Waals surface area contributed by atoms with Gasteiger partial charge in [-0.25, -0.2) is 0 Å². The average molecular weight is 283 g/mol. The molecule has 84 valence electrons. The Morgan fingerprint density at radius 1 is 1.27 bits per heavy atom. The molecule has 0 radical (unpaired) electrons. The van der Waals surface area contributed by atoms with E-state index in [0.29, 0.717) is 10.0 Å². The van der Waals surface area contributed by atoms with Crippen LogP contribution in [-0.2, 0) is 6.42 Å². The van der Waals surface area contributed by atoms with E-state index >= 15 is 0 Å². The summed E-state index contributed by atoms with van der Waals surface area (Å²) in [5.41, 5.74) is 0.675. The molecule has 0 amide bonds. The summed E-state index contributed by atoms with van der Waals surface area (Å²) in [6.07, 6.45) is -6.88. The summed E-state index contributed by atoms with van der Waals surface area (Å²) in [5.74, 6) is 0. The lowest BCUT2D eigenvalue weighted by Crippen LogP contribution is -2.21. The summed E-state index contributed by atoms with van der Waals surface area (Å²) < 4.78 is 36.5. The molecule has 1 rings (SSSR count). The highest BCUT2D eigenvalue weighted by atomic mass is 79.9. The second-order valence-corrected chi connectivity index (χ2v) is 4.12. The van der Waals surface area contributed by atoms with Crippen LogP contribution in [0.3, 0.4) is 0 Å². The van der Waals surface area contributed by atoms with Crippen LogP contribution in [0.25, 0.3) is 0 Å². The van der Waals surface area contributed by atoms with Gasteiger partial charge in [-0.1, -0.05) is 34.1 Å². The molecule has 5 heteroatoms. The maximum Gasteiger partial charge on any atom is 0.391 e. The van der Waals surface area contributed by atoms with Crippen molar-refractivity contribution in [3.05, 3.63) is 34.3 Å². The maximum absolute atomic E-state index is 11.9. The fraction of sp³-hybridized carbons (Fsp3) is 0.400. The second kappa shape index (κ2) is 4.99. The number of rotatable bonds is 3. The zero-order valence-electron chi connectivity index (χ0n) is 7.76. The summed E-state index contributed by atoms with van der Waals surface area (Å²) in [4.78, 5) is 0. The lowest BCUT2D eigenvalue weighted by molar-refractivity contribution is -0.153. The van der Waals surface area contributed by atoms with Gasteiger partial charge in [0.25, 0.3) is 0 Å². The molecule has 1 unspecified atom stereocenters. The molecule has 0 spiro atoms. The van der Waals surface area contributed by atoms with Gasteiger partial charge in [-0.05, 0) is 18.1 Å². The molecule has 15 heavy (non-hydrogen) atoms. The Bertz CT molecular complexity index is 325. The van der Waals surface area contributed by atoms with Crippen LogP contribution in [0.4, 0.5) is 13.2 Å². The van der Waals surface area contributed by atoms with Gasteiger partial charge in [0.15, 0.2) is 0 Å². The molecule has 0 aliphatic carbocycles. The van der Waals surface area contributed by atoms with Gasteiger partial charge >= 0.3 is 6.18 Å². The number of aliphatic hydroxyl groups excluding tert-OH is 1. The Kier molecular flexibility index (Phi) is 4.16. The van der Waals surface area contributed by atoms with Gasteiger partial charge in [-0.2, -0.15) is 13.2 Å². The third-order valence-corrected chi connectivity index (χ3v) is 2.65. The molecular weight excluding hydrogens is 273 g/mol. The molecule has 1 N–H and O–H groups in total. The fourth-order valence-corrected chi connectivity index (χ4v) is 1.70. The van der Waals surface area contributed by atoms with E-state index in [0.717, 1.165) is 0 Å². The number of halogens is 4. The highest BCUT2D eigenvalue weighted by Crippen LogP contribution is 2.25. The third-order valence-electron chi connectivity index (χ3n) is 1.88. The van der Waals surface area contributed by atoms with E-state index in [1.807, 2.05) is 0 Å². The Labute approximate surface area is 94.0 Å². The summed E-state index contributed by atoms with van der Waals surface area (Å²) in [6.45, 7) is 0. The topological polar surface area (TPSA) is 20.2 Å². The second-order valence-electron chi connectivity index (χ2n) is 3.27. The standard InChI is InChI=1S/C10H10BrF3O/c11-9-4-2-1-3-7(9)5-8(15)6-10(12,13)14/h1-4,8,15H,5-6H2. The Balaban J connectivity index is 2.59. The van der Waals surface area contributed by atoms with Crippen LogP contribution in [0.2, 0.25) is 0 Å². The van der Waals surface area contributed by atoms with Crippen LogP contribution in [0.15, 0.2) is 28.7 Å². The molecule has 1 atom stereocenters. The normalized spacial score (nSPS) is 13.9. The Morgan fingerprint density at radius 3 is 2.40 bits per heavy atom. The van der Waals surface area contributed by atoms with Crippen LogP contribution in [0, 0.1) is 0 Å². The summed E-state index contributed by atoms with van der Waals surface area (Å²) in [5, 5.41) is 9.22. The van der Waals surface area contributed by atoms with Gasteiger partial charge in [-0.3, -0.25) is 0 Å². The lowest BCUT2D eigenvalue weighted by Gasteiger charge is -2.13. The Morgan fingerprint density at radius 2 is 1.87 bits per heavy atom. The number of aliphatic hydroxyl groups is 1. The molecule has 0 heterocycles. The first-order valence-corrected chi connectivity index (χ1v) is 5.16. The van der Waals surface area contributed by atoms with Crippen LogP contribution in [0.1, 0.15) is 12.0 Å². The SMILES string of the molecule is OC(Cc1ccccc1Br)CC(F)(F)F. The van der Waals surface area contributed by atoms with Gasteiger partial charge in [0.05, 0.1) is 12.5 Å². The van der Waals surface area contributed by atoms with Gasteiger partial charge < -0.3 is 5.11 Å². The molecule has 0 saturated heterocycles. The molecule has 0 saturated carbocycles. The van der Waals surface area contributed by atoms with Gasteiger partial charge in [-0.15, -0.1) is 0 Å². The molecule has 0 fully saturated rings. The fourth-order valence-electron chi connectivity index (χ4n) is 1.26. The number of hydrogen-bond acceptors (Lipinski definition) is 1. The summed E-state index contributed by atoms with van der Waals surface area (Å²) in [6, 6.07) is 6.91. The van der Waals surface area contributed by atoms with Gasteiger partial charge in [0.2, 0.25) is 0 Å². The van der Waals surface area contributed by atoms with Crippen molar-refractivity contribution in [2.24, 2.45) is 0 Å². The zero-order chi connectivity index (χ0) is 11.5. The smallest absolute Gasteiger partial charge is 0.391 e. The summed E-state index contributed by atoms with van der Waals surface area (Å²) in [7, 11) is 0. The van der Waals surface area contributed by atoms with E-state index in [2.05, 4.69) is 15.9 Å². The van der Waals surface area contributed by atoms with Crippen molar-refractivity contribution in [3.63, 3.8) is 0 Å². The van der Waals surface area contributed by atoms with Crippen LogP contribution >= 0.6 is 15.9 Å². The van der Waals surface area contributed by atoms with Gasteiger partial charge in [0.1, 0.15) is 0 Å². The first-order chi connectivity index (χ1) is 6.88. The maximum atomic E-state index is 11.9. The van der Waals surface area contributed by atoms with Crippen LogP contribution in [-0.4, -0.2) is 17.4 Å². The molecule has 0 aliphatic heterocycles. The molecule has 0 aliphatic rings. The molecule has 1 aromatic rings. The minimum atomic E-state index is -4.32. The first kappa shape index (κ1) is 12.5. The first-order valence-electron chi connectivity index (χ1n) is 4.37. The Hall–Kier alpha value is -0.550. The van der Waals surface area contributed by atoms with Crippen molar-refractivity contribution in [2.75, 3.05) is 0 Å². The quantitative estimate of drug-likeness (QED) is 0.902. The minimum absolute atomic E-state index is 0.000926.